The fourth-order valence-electron chi connectivity index (χ4n) is 1.63. The van der Waals surface area contributed by atoms with E-state index in [0.29, 0.717) is 11.8 Å². The van der Waals surface area contributed by atoms with Crippen molar-refractivity contribution in [2.24, 2.45) is 11.8 Å². The number of carbonyl (C=O) groups excluding carboxylic acids is 1. The minimum atomic E-state index is 0.130. The van der Waals surface area contributed by atoms with Gasteiger partial charge in [-0.15, -0.1) is 0 Å². The molecule has 0 N–H and O–H groups in total. The van der Waals surface area contributed by atoms with Crippen LogP contribution in [0.2, 0.25) is 0 Å². The Kier molecular flexibility index (Phi) is 6.30. The number of nitrogens with zero attached hydrogens (tertiary/aromatic N) is 1. The number of hydrogen-bond acceptors (Lipinski definition) is 2. The number of carbonyl (C=O) groups is 1. The lowest BCUT2D eigenvalue weighted by atomic mass is 10.1. The van der Waals surface area contributed by atoms with Crippen molar-refractivity contribution in [2.45, 2.75) is 41.5 Å². The number of allylic oxidation sites excluding steroid dienone is 2. The van der Waals surface area contributed by atoms with E-state index in [2.05, 4.69) is 32.6 Å². The molecule has 0 atom stereocenters. The molecule has 0 saturated heterocycles. The molecule has 0 aromatic carbocycles. The molecule has 0 aromatic heterocycles. The Morgan fingerprint density at radius 1 is 1.07 bits per heavy atom. The highest BCUT2D eigenvalue weighted by molar-refractivity contribution is 5.87. The molecule has 0 aliphatic carbocycles. The van der Waals surface area contributed by atoms with Gasteiger partial charge in [-0.3, -0.25) is 4.79 Å². The summed E-state index contributed by atoms with van der Waals surface area (Å²) in [4.78, 5) is 13.3. The predicted octanol–water partition coefficient (Wildman–Crippen LogP) is 3.09. The van der Waals surface area contributed by atoms with E-state index >= 15 is 0 Å². The lowest BCUT2D eigenvalue weighted by Gasteiger charge is -2.29. The maximum absolute atomic E-state index is 11.0. The molecule has 88 valence electrons. The molecule has 0 radical (unpaired) electrons. The van der Waals surface area contributed by atoms with Crippen molar-refractivity contribution < 1.29 is 4.79 Å². The lowest BCUT2D eigenvalue weighted by molar-refractivity contribution is -0.112. The van der Waals surface area contributed by atoms with Crippen LogP contribution < -0.4 is 0 Å². The van der Waals surface area contributed by atoms with Crippen LogP contribution in [0.25, 0.3) is 0 Å². The number of rotatable bonds is 6. The summed E-state index contributed by atoms with van der Waals surface area (Å²) < 4.78 is 0. The van der Waals surface area contributed by atoms with Crippen molar-refractivity contribution in [3.63, 3.8) is 0 Å². The first-order valence-corrected chi connectivity index (χ1v) is 5.76. The van der Waals surface area contributed by atoms with E-state index in [1.807, 2.05) is 6.92 Å². The van der Waals surface area contributed by atoms with Crippen molar-refractivity contribution in [3.8, 4) is 0 Å². The van der Waals surface area contributed by atoms with Crippen LogP contribution in [0.4, 0.5) is 0 Å². The van der Waals surface area contributed by atoms with Crippen molar-refractivity contribution in [1.82, 2.24) is 4.90 Å². The second-order valence-electron chi connectivity index (χ2n) is 5.09. The van der Waals surface area contributed by atoms with Crippen molar-refractivity contribution >= 4 is 5.78 Å². The fraction of sp³-hybridized carbons (Fsp3) is 0.769. The topological polar surface area (TPSA) is 20.3 Å². The average molecular weight is 211 g/mol. The third-order valence-electron chi connectivity index (χ3n) is 2.08. The van der Waals surface area contributed by atoms with Gasteiger partial charge in [0.15, 0.2) is 5.78 Å². The normalized spacial score (nSPS) is 12.4. The Morgan fingerprint density at radius 2 is 1.47 bits per heavy atom. The van der Waals surface area contributed by atoms with Gasteiger partial charge in [-0.05, 0) is 31.8 Å². The molecule has 0 aliphatic rings. The van der Waals surface area contributed by atoms with Gasteiger partial charge in [0.2, 0.25) is 0 Å². The third-order valence-corrected chi connectivity index (χ3v) is 2.08. The molecular formula is C13H25NO. The number of hydrogen-bond donors (Lipinski definition) is 0. The molecular weight excluding hydrogens is 186 g/mol. The molecule has 0 rings (SSSR count). The molecule has 0 fully saturated rings. The monoisotopic (exact) mass is 211 g/mol. The standard InChI is InChI=1S/C13H25NO/c1-10(2)8-14(9-11(3)4)12(5)7-13(6)15/h7,10-11H,8-9H2,1-6H3/b12-7+. The van der Waals surface area contributed by atoms with Gasteiger partial charge in [0, 0.05) is 18.8 Å². The molecule has 2 heteroatoms. The van der Waals surface area contributed by atoms with Crippen LogP contribution in [0.3, 0.4) is 0 Å². The highest BCUT2D eigenvalue weighted by Gasteiger charge is 2.10. The second kappa shape index (κ2) is 6.65. The molecule has 0 aromatic rings. The summed E-state index contributed by atoms with van der Waals surface area (Å²) in [6.07, 6.45) is 1.73. The summed E-state index contributed by atoms with van der Waals surface area (Å²) in [6.45, 7) is 14.5. The largest absolute Gasteiger partial charge is 0.374 e. The second-order valence-corrected chi connectivity index (χ2v) is 5.09. The first kappa shape index (κ1) is 14.2. The molecule has 15 heavy (non-hydrogen) atoms. The maximum Gasteiger partial charge on any atom is 0.154 e. The molecule has 0 unspecified atom stereocenters. The van der Waals surface area contributed by atoms with Crippen LogP contribution >= 0.6 is 0 Å². The smallest absolute Gasteiger partial charge is 0.154 e. The highest BCUT2D eigenvalue weighted by Crippen LogP contribution is 2.10. The Labute approximate surface area is 94.4 Å². The zero-order valence-corrected chi connectivity index (χ0v) is 11.0. The molecule has 0 aliphatic heterocycles. The summed E-state index contributed by atoms with van der Waals surface area (Å²) in [5, 5.41) is 0. The van der Waals surface area contributed by atoms with Crippen LogP contribution in [0.1, 0.15) is 41.5 Å². The lowest BCUT2D eigenvalue weighted by Crippen LogP contribution is -2.30. The van der Waals surface area contributed by atoms with E-state index < -0.39 is 0 Å². The first-order chi connectivity index (χ1) is 6.82. The van der Waals surface area contributed by atoms with Gasteiger partial charge >= 0.3 is 0 Å². The molecule has 0 spiro atoms. The molecule has 0 bridgehead atoms. The summed E-state index contributed by atoms with van der Waals surface area (Å²) in [5.74, 6) is 1.38. The Bertz CT molecular complexity index is 219. The summed E-state index contributed by atoms with van der Waals surface area (Å²) in [6, 6.07) is 0. The van der Waals surface area contributed by atoms with Crippen LogP contribution in [0, 0.1) is 11.8 Å². The predicted molar refractivity (Wildman–Crippen MR) is 65.7 cm³/mol. The van der Waals surface area contributed by atoms with Crippen molar-refractivity contribution in [2.75, 3.05) is 13.1 Å². The highest BCUT2D eigenvalue weighted by atomic mass is 16.1. The maximum atomic E-state index is 11.0. The molecule has 0 heterocycles. The summed E-state index contributed by atoms with van der Waals surface area (Å²) >= 11 is 0. The van der Waals surface area contributed by atoms with Gasteiger partial charge in [-0.2, -0.15) is 0 Å². The quantitative estimate of drug-likeness (QED) is 0.629. The van der Waals surface area contributed by atoms with Gasteiger partial charge < -0.3 is 4.90 Å². The van der Waals surface area contributed by atoms with E-state index in [1.165, 1.54) is 0 Å². The molecule has 0 saturated carbocycles. The van der Waals surface area contributed by atoms with E-state index in [0.717, 1.165) is 18.8 Å². The average Bonchev–Trinajstić information content (AvgIpc) is 1.99. The molecule has 2 nitrogen and oxygen atoms in total. The minimum absolute atomic E-state index is 0.130. The van der Waals surface area contributed by atoms with Crippen LogP contribution in [-0.2, 0) is 4.79 Å². The summed E-state index contributed by atoms with van der Waals surface area (Å²) in [5.41, 5.74) is 1.09. The third kappa shape index (κ3) is 7.18. The van der Waals surface area contributed by atoms with E-state index in [-0.39, 0.29) is 5.78 Å². The van der Waals surface area contributed by atoms with Crippen LogP contribution in [0.5, 0.6) is 0 Å². The Balaban J connectivity index is 4.53. The van der Waals surface area contributed by atoms with Gasteiger partial charge in [0.05, 0.1) is 0 Å². The van der Waals surface area contributed by atoms with Gasteiger partial charge in [-0.1, -0.05) is 27.7 Å². The minimum Gasteiger partial charge on any atom is -0.374 e. The molecule has 0 amide bonds. The zero-order chi connectivity index (χ0) is 12.0. The van der Waals surface area contributed by atoms with E-state index in [9.17, 15) is 4.79 Å². The summed E-state index contributed by atoms with van der Waals surface area (Å²) in [7, 11) is 0. The van der Waals surface area contributed by atoms with Crippen molar-refractivity contribution in [3.05, 3.63) is 11.8 Å². The Hall–Kier alpha value is -0.790. The van der Waals surface area contributed by atoms with E-state index in [4.69, 9.17) is 0 Å². The van der Waals surface area contributed by atoms with Gasteiger partial charge in [0.25, 0.3) is 0 Å². The van der Waals surface area contributed by atoms with Crippen LogP contribution in [0.15, 0.2) is 11.8 Å². The van der Waals surface area contributed by atoms with Crippen molar-refractivity contribution in [1.29, 1.82) is 0 Å². The zero-order valence-electron chi connectivity index (χ0n) is 11.0. The SMILES string of the molecule is CC(=O)/C=C(\C)N(CC(C)C)CC(C)C. The van der Waals surface area contributed by atoms with E-state index in [1.54, 1.807) is 13.0 Å². The fourth-order valence-corrected chi connectivity index (χ4v) is 1.63. The Morgan fingerprint density at radius 3 is 1.73 bits per heavy atom. The van der Waals surface area contributed by atoms with Crippen LogP contribution in [-0.4, -0.2) is 23.8 Å². The first-order valence-electron chi connectivity index (χ1n) is 5.76. The van der Waals surface area contributed by atoms with Gasteiger partial charge in [0.1, 0.15) is 0 Å². The number of ketones is 1. The van der Waals surface area contributed by atoms with Gasteiger partial charge in [-0.25, -0.2) is 0 Å².